The van der Waals surface area contributed by atoms with Crippen molar-refractivity contribution in [3.63, 3.8) is 0 Å². The predicted molar refractivity (Wildman–Crippen MR) is 557 cm³/mol. The number of hydrogen-bond donors (Lipinski definition) is 0. The summed E-state index contributed by atoms with van der Waals surface area (Å²) in [5.74, 6) is 3.37. The van der Waals surface area contributed by atoms with Gasteiger partial charge in [-0.25, -0.2) is 29.9 Å². The van der Waals surface area contributed by atoms with Crippen LogP contribution in [0.5, 0.6) is 0 Å². The maximum atomic E-state index is 5.24. The molecule has 11 aromatic heterocycles. The number of hydrogen-bond acceptors (Lipinski definition) is 10. The second-order valence-corrected chi connectivity index (χ2v) is 34.3. The highest BCUT2D eigenvalue weighted by atomic mass is 15.1. The zero-order valence-electron chi connectivity index (χ0n) is 73.7. The van der Waals surface area contributed by atoms with Crippen LogP contribution < -0.4 is 0 Å². The van der Waals surface area contributed by atoms with Crippen LogP contribution in [0, 0.1) is 0 Å². The van der Waals surface area contributed by atoms with Gasteiger partial charge < -0.3 is 22.8 Å². The first-order valence-electron chi connectivity index (χ1n) is 45.8. The number of para-hydroxylation sites is 7. The van der Waals surface area contributed by atoms with Crippen molar-refractivity contribution in [2.45, 2.75) is 0 Å². The minimum atomic E-state index is 0.554. The molecule has 137 heavy (non-hydrogen) atoms. The smallest absolute Gasteiger partial charge is 0.164 e. The summed E-state index contributed by atoms with van der Waals surface area (Å²) < 4.78 is 12.2. The number of fused-ring (bicyclic) bond motifs is 15. The molecule has 27 aromatic rings. The fourth-order valence-electron chi connectivity index (χ4n) is 20.4. The van der Waals surface area contributed by atoms with Gasteiger partial charge in [0.25, 0.3) is 0 Å². The zero-order valence-corrected chi connectivity index (χ0v) is 73.7. The Morgan fingerprint density at radius 1 is 0.131 bits per heavy atom. The Labute approximate surface area is 785 Å². The molecule has 0 spiro atoms. The van der Waals surface area contributed by atoms with E-state index in [0.717, 1.165) is 139 Å². The van der Waals surface area contributed by atoms with Gasteiger partial charge in [-0.15, -0.1) is 0 Å². The van der Waals surface area contributed by atoms with Crippen LogP contribution in [-0.2, 0) is 0 Å². The molecule has 27 rings (SSSR count). The van der Waals surface area contributed by atoms with Crippen molar-refractivity contribution in [2.24, 2.45) is 0 Å². The van der Waals surface area contributed by atoms with E-state index in [1.807, 2.05) is 48.5 Å². The number of rotatable bonds is 15. The molecule has 16 aromatic carbocycles. The Morgan fingerprint density at radius 2 is 0.314 bits per heavy atom. The maximum Gasteiger partial charge on any atom is 0.164 e. The topological polar surface area (TPSA) is 154 Å². The van der Waals surface area contributed by atoms with Gasteiger partial charge >= 0.3 is 0 Å². The molecule has 0 bridgehead atoms. The molecule has 15 heteroatoms. The van der Waals surface area contributed by atoms with Crippen molar-refractivity contribution in [3.05, 3.63) is 468 Å². The molecule has 0 N–H and O–H groups in total. The molecule has 11 heterocycles. The summed E-state index contributed by atoms with van der Waals surface area (Å²) in [7, 11) is 0. The Balaban J connectivity index is 0.000000145. The third-order valence-corrected chi connectivity index (χ3v) is 26.5. The summed E-state index contributed by atoms with van der Waals surface area (Å²) >= 11 is 0. The summed E-state index contributed by atoms with van der Waals surface area (Å²) in [6, 6.07) is 149. The molecule has 0 saturated heterocycles. The molecule has 0 aliphatic rings. The van der Waals surface area contributed by atoms with Gasteiger partial charge in [0.1, 0.15) is 0 Å². The van der Waals surface area contributed by atoms with Gasteiger partial charge in [-0.1, -0.05) is 249 Å². The van der Waals surface area contributed by atoms with Gasteiger partial charge in [0, 0.05) is 176 Å². The lowest BCUT2D eigenvalue weighted by Crippen LogP contribution is -2.04. The van der Waals surface area contributed by atoms with E-state index in [1.54, 1.807) is 49.6 Å². The van der Waals surface area contributed by atoms with Crippen molar-refractivity contribution in [3.8, 4) is 141 Å². The molecular formula is C122H77N15. The third-order valence-electron chi connectivity index (χ3n) is 26.5. The normalized spacial score (nSPS) is 11.6. The van der Waals surface area contributed by atoms with Gasteiger partial charge in [-0.3, -0.25) is 19.9 Å². The fourth-order valence-corrected chi connectivity index (χ4v) is 20.4. The highest BCUT2D eigenvalue weighted by Crippen LogP contribution is 2.49. The molecule has 0 radical (unpaired) electrons. The molecular weight excluding hydrogens is 1680 g/mol. The quantitative estimate of drug-likeness (QED) is 0.0969. The monoisotopic (exact) mass is 1750 g/mol. The molecule has 0 saturated carbocycles. The van der Waals surface area contributed by atoms with E-state index in [9.17, 15) is 0 Å². The first kappa shape index (κ1) is 79.1. The Morgan fingerprint density at radius 3 is 0.547 bits per heavy atom. The van der Waals surface area contributed by atoms with Gasteiger partial charge in [0.15, 0.2) is 34.9 Å². The van der Waals surface area contributed by atoms with Crippen molar-refractivity contribution >= 4 is 109 Å². The Kier molecular flexibility index (Phi) is 19.2. The number of pyridine rings is 4. The van der Waals surface area contributed by atoms with Crippen molar-refractivity contribution in [1.29, 1.82) is 0 Å². The first-order valence-corrected chi connectivity index (χ1v) is 45.8. The van der Waals surface area contributed by atoms with Crippen molar-refractivity contribution in [1.82, 2.24) is 72.7 Å². The van der Waals surface area contributed by atoms with Gasteiger partial charge in [-0.05, 0) is 192 Å². The highest BCUT2D eigenvalue weighted by molar-refractivity contribution is 6.17. The lowest BCUT2D eigenvalue weighted by atomic mass is 9.92. The molecule has 15 nitrogen and oxygen atoms in total. The number of benzene rings is 16. The molecule has 0 amide bonds. The van der Waals surface area contributed by atoms with Crippen LogP contribution in [0.4, 0.5) is 0 Å². The first-order chi connectivity index (χ1) is 68.0. The van der Waals surface area contributed by atoms with E-state index in [0.29, 0.717) is 34.9 Å². The van der Waals surface area contributed by atoms with Gasteiger partial charge in [0.2, 0.25) is 0 Å². The Bertz CT molecular complexity index is 8820. The summed E-state index contributed by atoms with van der Waals surface area (Å²) in [5.41, 5.74) is 30.4. The van der Waals surface area contributed by atoms with E-state index < -0.39 is 0 Å². The number of nitrogens with zero attached hydrogens (tertiary/aromatic N) is 15. The van der Waals surface area contributed by atoms with Crippen molar-refractivity contribution in [2.75, 3.05) is 0 Å². The SMILES string of the molecule is c1ccc(-c2cc(-c3nc(-c4ccncc4)nc(-c4ccncc4)n3)cc(-c3ccccc3)c2-n2c3ccc(-n4c5ccccc5c5ccccc54)cc3c3cc(-n4c5ccccc5c5ccccc54)ccc32)cc1.c1ccc(-c2cc(-c3nc(-c4ccncc4)nc(-c4ccncc4)n3)cc(-c3ccccc3)c2-n2c3ccccc3c3cc(-n4c5ccccc5c5ccccc54)ccc32)cc1. The van der Waals surface area contributed by atoms with Gasteiger partial charge in [0.05, 0.1) is 66.5 Å². The van der Waals surface area contributed by atoms with E-state index in [-0.39, 0.29) is 0 Å². The molecule has 0 unspecified atom stereocenters. The van der Waals surface area contributed by atoms with Crippen LogP contribution in [0.25, 0.3) is 250 Å². The Hall–Kier alpha value is -18.9. The van der Waals surface area contributed by atoms with Crippen LogP contribution in [0.15, 0.2) is 468 Å². The largest absolute Gasteiger partial charge is 0.309 e. The molecule has 640 valence electrons. The second kappa shape index (κ2) is 33.2. The second-order valence-electron chi connectivity index (χ2n) is 34.3. The minimum Gasteiger partial charge on any atom is -0.309 e. The molecule has 0 fully saturated rings. The lowest BCUT2D eigenvalue weighted by Gasteiger charge is -2.21. The molecule has 0 aliphatic heterocycles. The average Bonchev–Trinajstić information content (AvgIpc) is 1.57. The third kappa shape index (κ3) is 13.7. The predicted octanol–water partition coefficient (Wildman–Crippen LogP) is 29.5. The highest BCUT2D eigenvalue weighted by Gasteiger charge is 2.29. The summed E-state index contributed by atoms with van der Waals surface area (Å²) in [6.45, 7) is 0. The standard InChI is InChI=1S/C67H42N8.C55H35N7/c1-3-15-43(16-4-1)54-39-47(67-71-65(45-31-35-68-36-32-45)70-66(72-67)46-33-37-69-38-34-46)40-55(44-17-5-2-6-18-44)64(54)75-62-29-27-48(73-58-23-11-7-19-50(58)51-20-8-12-24-59(51)73)41-56(62)57-42-49(28-30-63(57)75)74-60-25-13-9-21-52(60)53-22-10-14-26-61(53)74;1-3-13-36(14-4-1)45-33-40(55-59-53(38-25-29-56-30-26-38)58-54(60-55)39-27-31-57-32-28-39)34-46(37-15-5-2-6-16-37)52(45)62-50-22-12-9-19-44(50)47-35-41(23-24-51(47)62)61-48-20-10-7-17-42(48)43-18-8-11-21-49(43)61/h1-42H;1-35H. The van der Waals surface area contributed by atoms with E-state index in [1.165, 1.54) is 76.2 Å². The molecule has 0 aliphatic carbocycles. The fraction of sp³-hybridized carbons (Fsp3) is 0. The number of aromatic nitrogens is 15. The minimum absolute atomic E-state index is 0.554. The molecule has 0 atom stereocenters. The maximum absolute atomic E-state index is 5.24. The van der Waals surface area contributed by atoms with Crippen LogP contribution >= 0.6 is 0 Å². The van der Waals surface area contributed by atoms with E-state index in [4.69, 9.17) is 29.9 Å². The van der Waals surface area contributed by atoms with Gasteiger partial charge in [-0.2, -0.15) is 0 Å². The van der Waals surface area contributed by atoms with E-state index in [2.05, 4.69) is 413 Å². The van der Waals surface area contributed by atoms with Crippen LogP contribution in [-0.4, -0.2) is 72.7 Å². The van der Waals surface area contributed by atoms with Crippen molar-refractivity contribution < 1.29 is 0 Å². The van der Waals surface area contributed by atoms with Crippen LogP contribution in [0.1, 0.15) is 0 Å². The zero-order chi connectivity index (χ0) is 90.4. The average molecular weight is 1750 g/mol. The summed E-state index contributed by atoms with van der Waals surface area (Å²) in [4.78, 5) is 47.9. The van der Waals surface area contributed by atoms with Crippen LogP contribution in [0.2, 0.25) is 0 Å². The van der Waals surface area contributed by atoms with Crippen LogP contribution in [0.3, 0.4) is 0 Å². The summed E-state index contributed by atoms with van der Waals surface area (Å²) in [6.07, 6.45) is 14.1. The van der Waals surface area contributed by atoms with E-state index >= 15 is 0 Å². The lowest BCUT2D eigenvalue weighted by molar-refractivity contribution is 1.07. The summed E-state index contributed by atoms with van der Waals surface area (Å²) in [5, 5.41) is 12.0.